The number of benzene rings is 1. The predicted molar refractivity (Wildman–Crippen MR) is 74.0 cm³/mol. The van der Waals surface area contributed by atoms with Crippen LogP contribution in [0, 0.1) is 0 Å². The molecule has 20 heavy (non-hydrogen) atoms. The van der Waals surface area contributed by atoms with Crippen molar-refractivity contribution in [1.82, 2.24) is 10.2 Å². The van der Waals surface area contributed by atoms with E-state index in [4.69, 9.17) is 4.74 Å². The summed E-state index contributed by atoms with van der Waals surface area (Å²) < 4.78 is 5.58. The van der Waals surface area contributed by atoms with E-state index in [1.54, 1.807) is 0 Å². The number of hydrogen-bond acceptors (Lipinski definition) is 5. The number of morpholine rings is 1. The lowest BCUT2D eigenvalue weighted by Gasteiger charge is -2.32. The number of likely N-dealkylation sites (N-methyl/N-ethyl adjacent to an activating group) is 1. The Morgan fingerprint density at radius 3 is 3.05 bits per heavy atom. The molecular weight excluding hydrogens is 260 g/mol. The van der Waals surface area contributed by atoms with Gasteiger partial charge in [-0.25, -0.2) is 0 Å². The molecule has 0 radical (unpaired) electrons. The van der Waals surface area contributed by atoms with E-state index in [1.165, 1.54) is 18.2 Å². The van der Waals surface area contributed by atoms with Gasteiger partial charge in [0.2, 0.25) is 0 Å². The molecule has 0 spiro atoms. The Hall–Kier alpha value is -1.79. The van der Waals surface area contributed by atoms with Crippen LogP contribution in [0.2, 0.25) is 0 Å². The van der Waals surface area contributed by atoms with Gasteiger partial charge in [0, 0.05) is 19.6 Å². The van der Waals surface area contributed by atoms with Gasteiger partial charge in [-0.3, -0.25) is 9.69 Å². The number of ether oxygens (including phenoxy) is 1. The minimum Gasteiger partial charge on any atom is -0.508 e. The van der Waals surface area contributed by atoms with Crippen LogP contribution in [-0.2, 0) is 4.74 Å². The third-order valence-corrected chi connectivity index (χ3v) is 3.39. The van der Waals surface area contributed by atoms with Gasteiger partial charge in [-0.15, -0.1) is 0 Å². The van der Waals surface area contributed by atoms with Gasteiger partial charge in [0.05, 0.1) is 18.3 Å². The van der Waals surface area contributed by atoms with Crippen LogP contribution in [0.4, 0.5) is 0 Å². The lowest BCUT2D eigenvalue weighted by atomic mass is 10.1. The normalized spacial score (nSPS) is 19.8. The van der Waals surface area contributed by atoms with E-state index in [-0.39, 0.29) is 23.2 Å². The Morgan fingerprint density at radius 1 is 1.50 bits per heavy atom. The van der Waals surface area contributed by atoms with Crippen LogP contribution in [0.25, 0.3) is 0 Å². The third kappa shape index (κ3) is 3.61. The van der Waals surface area contributed by atoms with Crippen molar-refractivity contribution < 1.29 is 19.7 Å². The first kappa shape index (κ1) is 14.6. The molecule has 1 heterocycles. The Bertz CT molecular complexity index is 478. The van der Waals surface area contributed by atoms with Crippen LogP contribution in [0.5, 0.6) is 11.5 Å². The third-order valence-electron chi connectivity index (χ3n) is 3.39. The number of phenols is 2. The molecular formula is C14H20N2O4. The summed E-state index contributed by atoms with van der Waals surface area (Å²) in [6.45, 7) is 5.78. The van der Waals surface area contributed by atoms with Crippen molar-refractivity contribution in [1.29, 1.82) is 0 Å². The van der Waals surface area contributed by atoms with Gasteiger partial charge in [0.25, 0.3) is 5.91 Å². The van der Waals surface area contributed by atoms with Crippen LogP contribution < -0.4 is 5.32 Å². The van der Waals surface area contributed by atoms with Gasteiger partial charge in [0.1, 0.15) is 11.5 Å². The number of hydrogen-bond donors (Lipinski definition) is 3. The summed E-state index contributed by atoms with van der Waals surface area (Å²) >= 11 is 0. The second-order valence-electron chi connectivity index (χ2n) is 4.80. The lowest BCUT2D eigenvalue weighted by molar-refractivity contribution is -0.0246. The first-order valence-corrected chi connectivity index (χ1v) is 6.74. The maximum absolute atomic E-state index is 12.0. The van der Waals surface area contributed by atoms with Crippen molar-refractivity contribution in [3.63, 3.8) is 0 Å². The fraction of sp³-hybridized carbons (Fsp3) is 0.500. The zero-order valence-corrected chi connectivity index (χ0v) is 11.5. The Labute approximate surface area is 118 Å². The molecule has 0 saturated carbocycles. The average molecular weight is 280 g/mol. The molecule has 0 aliphatic carbocycles. The van der Waals surface area contributed by atoms with Gasteiger partial charge in [-0.05, 0) is 24.7 Å². The summed E-state index contributed by atoms with van der Waals surface area (Å²) in [6, 6.07) is 3.86. The first-order chi connectivity index (χ1) is 9.60. The van der Waals surface area contributed by atoms with E-state index < -0.39 is 5.91 Å². The number of nitrogens with one attached hydrogen (secondary N) is 1. The van der Waals surface area contributed by atoms with Crippen LogP contribution >= 0.6 is 0 Å². The molecule has 6 heteroatoms. The largest absolute Gasteiger partial charge is 0.508 e. The Balaban J connectivity index is 1.90. The molecule has 6 nitrogen and oxygen atoms in total. The second kappa shape index (κ2) is 6.58. The molecule has 1 atom stereocenters. The molecule has 0 aromatic heterocycles. The van der Waals surface area contributed by atoms with Crippen molar-refractivity contribution in [2.24, 2.45) is 0 Å². The number of phenolic OH excluding ortho intramolecular Hbond substituents is 2. The van der Waals surface area contributed by atoms with E-state index in [2.05, 4.69) is 17.1 Å². The Kier molecular flexibility index (Phi) is 4.81. The highest BCUT2D eigenvalue weighted by Gasteiger charge is 2.20. The molecule has 1 unspecified atom stereocenters. The monoisotopic (exact) mass is 280 g/mol. The number of carbonyl (C=O) groups is 1. The Morgan fingerprint density at radius 2 is 2.30 bits per heavy atom. The number of nitrogens with zero attached hydrogens (tertiary/aromatic N) is 1. The molecule has 1 aliphatic heterocycles. The van der Waals surface area contributed by atoms with Crippen molar-refractivity contribution in [2.75, 3.05) is 32.8 Å². The molecule has 110 valence electrons. The molecule has 1 amide bonds. The quantitative estimate of drug-likeness (QED) is 0.702. The smallest absolute Gasteiger partial charge is 0.255 e. The van der Waals surface area contributed by atoms with Crippen LogP contribution in [0.1, 0.15) is 17.3 Å². The summed E-state index contributed by atoms with van der Waals surface area (Å²) in [5.74, 6) is -0.630. The highest BCUT2D eigenvalue weighted by atomic mass is 16.5. The van der Waals surface area contributed by atoms with Crippen LogP contribution in [0.3, 0.4) is 0 Å². The summed E-state index contributed by atoms with van der Waals surface area (Å²) in [7, 11) is 0. The highest BCUT2D eigenvalue weighted by Crippen LogP contribution is 2.21. The van der Waals surface area contributed by atoms with E-state index in [0.717, 1.165) is 19.6 Å². The summed E-state index contributed by atoms with van der Waals surface area (Å²) in [5, 5.41) is 21.7. The highest BCUT2D eigenvalue weighted by molar-refractivity contribution is 5.97. The molecule has 3 N–H and O–H groups in total. The minimum atomic E-state index is -0.421. The lowest BCUT2D eigenvalue weighted by Crippen LogP contribution is -2.47. The van der Waals surface area contributed by atoms with Crippen molar-refractivity contribution in [2.45, 2.75) is 13.0 Å². The molecule has 1 fully saturated rings. The van der Waals surface area contributed by atoms with Gasteiger partial charge < -0.3 is 20.3 Å². The number of rotatable bonds is 4. The van der Waals surface area contributed by atoms with Crippen LogP contribution in [-0.4, -0.2) is 59.9 Å². The van der Waals surface area contributed by atoms with E-state index >= 15 is 0 Å². The summed E-state index contributed by atoms with van der Waals surface area (Å²) in [5.41, 5.74) is 0.0631. The molecule has 1 aromatic carbocycles. The fourth-order valence-electron chi connectivity index (χ4n) is 2.20. The van der Waals surface area contributed by atoms with Crippen molar-refractivity contribution in [3.8, 4) is 11.5 Å². The topological polar surface area (TPSA) is 82.0 Å². The van der Waals surface area contributed by atoms with E-state index in [1.807, 2.05) is 0 Å². The van der Waals surface area contributed by atoms with Crippen LogP contribution in [0.15, 0.2) is 18.2 Å². The van der Waals surface area contributed by atoms with Gasteiger partial charge >= 0.3 is 0 Å². The van der Waals surface area contributed by atoms with Crippen molar-refractivity contribution in [3.05, 3.63) is 23.8 Å². The predicted octanol–water partition coefficient (Wildman–Crippen LogP) is 0.548. The zero-order valence-electron chi connectivity index (χ0n) is 11.5. The summed E-state index contributed by atoms with van der Waals surface area (Å²) in [4.78, 5) is 14.2. The SMILES string of the molecule is CCN1CCOC(CNC(=O)c2cc(O)ccc2O)C1. The number of aromatic hydroxyl groups is 2. The second-order valence-corrected chi connectivity index (χ2v) is 4.80. The maximum atomic E-state index is 12.0. The number of amides is 1. The maximum Gasteiger partial charge on any atom is 0.255 e. The first-order valence-electron chi connectivity index (χ1n) is 6.74. The van der Waals surface area contributed by atoms with Gasteiger partial charge in [-0.1, -0.05) is 6.92 Å². The zero-order chi connectivity index (χ0) is 14.5. The fourth-order valence-corrected chi connectivity index (χ4v) is 2.20. The molecule has 0 bridgehead atoms. The van der Waals surface area contributed by atoms with Gasteiger partial charge in [0.15, 0.2) is 0 Å². The van der Waals surface area contributed by atoms with E-state index in [9.17, 15) is 15.0 Å². The minimum absolute atomic E-state index is 0.0490. The molecule has 1 aromatic rings. The molecule has 2 rings (SSSR count). The average Bonchev–Trinajstić information content (AvgIpc) is 2.47. The standard InChI is InChI=1S/C14H20N2O4/c1-2-16-5-6-20-11(9-16)8-15-14(19)12-7-10(17)3-4-13(12)18/h3-4,7,11,17-18H,2,5-6,8-9H2,1H3,(H,15,19). The molecule has 1 saturated heterocycles. The van der Waals surface area contributed by atoms with Crippen molar-refractivity contribution >= 4 is 5.91 Å². The van der Waals surface area contributed by atoms with Gasteiger partial charge in [-0.2, -0.15) is 0 Å². The summed E-state index contributed by atoms with van der Waals surface area (Å²) in [6.07, 6.45) is -0.0490. The van der Waals surface area contributed by atoms with E-state index in [0.29, 0.717) is 13.2 Å². The molecule has 1 aliphatic rings. The number of carbonyl (C=O) groups excluding carboxylic acids is 1.